The summed E-state index contributed by atoms with van der Waals surface area (Å²) in [4.78, 5) is 7.39. The molecule has 3 aromatic rings. The minimum Gasteiger partial charge on any atom is -0.339 e. The number of halogens is 1. The highest BCUT2D eigenvalue weighted by molar-refractivity contribution is 5.81. The molecule has 1 aliphatic heterocycles. The van der Waals surface area contributed by atoms with E-state index < -0.39 is 0 Å². The van der Waals surface area contributed by atoms with E-state index in [1.54, 1.807) is 0 Å². The van der Waals surface area contributed by atoms with Crippen LogP contribution in [0.4, 0.5) is 10.3 Å². The molecule has 0 unspecified atom stereocenters. The maximum Gasteiger partial charge on any atom is 0.206 e. The van der Waals surface area contributed by atoms with Gasteiger partial charge in [0, 0.05) is 25.7 Å². The van der Waals surface area contributed by atoms with E-state index in [2.05, 4.69) is 47.7 Å². The summed E-state index contributed by atoms with van der Waals surface area (Å²) in [7, 11) is 0. The lowest BCUT2D eigenvalue weighted by Gasteiger charge is -2.33. The number of nitrogens with one attached hydrogen (secondary N) is 1. The van der Waals surface area contributed by atoms with Gasteiger partial charge >= 0.3 is 0 Å². The molecular weight excluding hydrogens is 351 g/mol. The Bertz CT molecular complexity index is 1010. The summed E-state index contributed by atoms with van der Waals surface area (Å²) in [5.74, 6) is 0.898. The van der Waals surface area contributed by atoms with Crippen LogP contribution in [0.2, 0.25) is 0 Å². The Balaban J connectivity index is 1.84. The van der Waals surface area contributed by atoms with Gasteiger partial charge < -0.3 is 14.8 Å². The predicted octanol–water partition coefficient (Wildman–Crippen LogP) is 4.26. The van der Waals surface area contributed by atoms with Crippen molar-refractivity contribution in [3.8, 4) is 0 Å². The number of hydrogen-bond acceptors (Lipinski definition) is 3. The van der Waals surface area contributed by atoms with Gasteiger partial charge in [-0.25, -0.2) is 9.37 Å². The lowest BCUT2D eigenvalue weighted by Crippen LogP contribution is -2.50. The Kier molecular flexibility index (Phi) is 4.88. The quantitative estimate of drug-likeness (QED) is 0.737. The molecule has 148 valence electrons. The van der Waals surface area contributed by atoms with Crippen LogP contribution in [0, 0.1) is 33.5 Å². The number of piperazine rings is 1. The standard InChI is InChI=1S/C23H29FN4/c1-14-10-20-21(11-15(14)2)28(13-19-8-16(3)22(24)17(4)9-19)23(26-20)27-7-6-25-18(5)12-27/h8-11,18,25H,6-7,12-13H2,1-5H3/t18-/m1/s1. The average molecular weight is 381 g/mol. The number of fused-ring (bicyclic) bond motifs is 1. The van der Waals surface area contributed by atoms with Crippen molar-refractivity contribution in [3.05, 3.63) is 57.9 Å². The highest BCUT2D eigenvalue weighted by Gasteiger charge is 2.22. The number of anilines is 1. The van der Waals surface area contributed by atoms with Gasteiger partial charge in [-0.3, -0.25) is 0 Å². The second-order valence-corrected chi connectivity index (χ2v) is 8.27. The molecule has 4 rings (SSSR count). The molecule has 1 aromatic heterocycles. The third-order valence-electron chi connectivity index (χ3n) is 5.83. The van der Waals surface area contributed by atoms with E-state index in [4.69, 9.17) is 4.98 Å². The fourth-order valence-corrected chi connectivity index (χ4v) is 4.19. The fraction of sp³-hybridized carbons (Fsp3) is 0.435. The van der Waals surface area contributed by atoms with Crippen molar-refractivity contribution in [1.82, 2.24) is 14.9 Å². The first-order valence-corrected chi connectivity index (χ1v) is 10.0. The molecule has 0 aliphatic carbocycles. The van der Waals surface area contributed by atoms with Crippen LogP contribution in [-0.4, -0.2) is 35.2 Å². The number of nitrogens with zero attached hydrogens (tertiary/aromatic N) is 3. The highest BCUT2D eigenvalue weighted by Crippen LogP contribution is 2.28. The molecular formula is C23H29FN4. The van der Waals surface area contributed by atoms with Crippen molar-refractivity contribution >= 4 is 17.0 Å². The molecule has 28 heavy (non-hydrogen) atoms. The van der Waals surface area contributed by atoms with Crippen molar-refractivity contribution in [1.29, 1.82) is 0 Å². The summed E-state index contributed by atoms with van der Waals surface area (Å²) in [5.41, 5.74) is 7.20. The van der Waals surface area contributed by atoms with E-state index in [-0.39, 0.29) is 5.82 Å². The number of imidazole rings is 1. The number of aromatic nitrogens is 2. The zero-order chi connectivity index (χ0) is 20.0. The predicted molar refractivity (Wildman–Crippen MR) is 114 cm³/mol. The smallest absolute Gasteiger partial charge is 0.206 e. The van der Waals surface area contributed by atoms with Crippen LogP contribution in [-0.2, 0) is 6.54 Å². The summed E-state index contributed by atoms with van der Waals surface area (Å²) >= 11 is 0. The second kappa shape index (κ2) is 7.21. The minimum absolute atomic E-state index is 0.109. The molecule has 0 bridgehead atoms. The van der Waals surface area contributed by atoms with Gasteiger partial charge in [-0.1, -0.05) is 12.1 Å². The summed E-state index contributed by atoms with van der Waals surface area (Å²) < 4.78 is 16.4. The fourth-order valence-electron chi connectivity index (χ4n) is 4.19. The first-order valence-electron chi connectivity index (χ1n) is 10.0. The number of benzene rings is 2. The molecule has 4 nitrogen and oxygen atoms in total. The van der Waals surface area contributed by atoms with Gasteiger partial charge in [0.1, 0.15) is 5.82 Å². The average Bonchev–Trinajstić information content (AvgIpc) is 2.97. The van der Waals surface area contributed by atoms with Gasteiger partial charge in [0.15, 0.2) is 0 Å². The Labute approximate surface area is 166 Å². The number of aryl methyl sites for hydroxylation is 4. The summed E-state index contributed by atoms with van der Waals surface area (Å²) in [6, 6.07) is 8.76. The van der Waals surface area contributed by atoms with Crippen LogP contribution in [0.5, 0.6) is 0 Å². The molecule has 1 N–H and O–H groups in total. The van der Waals surface area contributed by atoms with Crippen LogP contribution in [0.15, 0.2) is 24.3 Å². The molecule has 0 spiro atoms. The largest absolute Gasteiger partial charge is 0.339 e. The number of rotatable bonds is 3. The zero-order valence-corrected chi connectivity index (χ0v) is 17.4. The van der Waals surface area contributed by atoms with Gasteiger partial charge in [-0.15, -0.1) is 0 Å². The lowest BCUT2D eigenvalue weighted by atomic mass is 10.1. The topological polar surface area (TPSA) is 33.1 Å². The Morgan fingerprint density at radius 1 is 1.04 bits per heavy atom. The normalized spacial score (nSPS) is 17.5. The Hall–Kier alpha value is -2.40. The van der Waals surface area contributed by atoms with E-state index in [0.717, 1.165) is 42.2 Å². The summed E-state index contributed by atoms with van der Waals surface area (Å²) in [5, 5.41) is 3.50. The first kappa shape index (κ1) is 18.9. The van der Waals surface area contributed by atoms with Gasteiger partial charge in [-0.05, 0) is 74.6 Å². The van der Waals surface area contributed by atoms with E-state index in [0.29, 0.717) is 23.7 Å². The molecule has 0 saturated carbocycles. The van der Waals surface area contributed by atoms with E-state index in [1.807, 2.05) is 26.0 Å². The van der Waals surface area contributed by atoms with E-state index >= 15 is 0 Å². The maximum atomic E-state index is 14.1. The van der Waals surface area contributed by atoms with Crippen molar-refractivity contribution < 1.29 is 4.39 Å². The highest BCUT2D eigenvalue weighted by atomic mass is 19.1. The second-order valence-electron chi connectivity index (χ2n) is 8.27. The molecule has 1 fully saturated rings. The van der Waals surface area contributed by atoms with E-state index in [9.17, 15) is 4.39 Å². The van der Waals surface area contributed by atoms with Gasteiger partial charge in [0.05, 0.1) is 17.6 Å². The zero-order valence-electron chi connectivity index (χ0n) is 17.4. The van der Waals surface area contributed by atoms with Gasteiger partial charge in [-0.2, -0.15) is 0 Å². The van der Waals surface area contributed by atoms with Crippen LogP contribution < -0.4 is 10.2 Å². The van der Waals surface area contributed by atoms with Crippen LogP contribution in [0.25, 0.3) is 11.0 Å². The van der Waals surface area contributed by atoms with Crippen molar-refractivity contribution in [2.45, 2.75) is 47.2 Å². The van der Waals surface area contributed by atoms with Crippen molar-refractivity contribution in [2.24, 2.45) is 0 Å². The van der Waals surface area contributed by atoms with Gasteiger partial charge in [0.2, 0.25) is 5.95 Å². The third-order valence-corrected chi connectivity index (χ3v) is 5.83. The molecule has 2 aromatic carbocycles. The molecule has 1 saturated heterocycles. The molecule has 1 aliphatic rings. The van der Waals surface area contributed by atoms with Crippen LogP contribution >= 0.6 is 0 Å². The summed E-state index contributed by atoms with van der Waals surface area (Å²) in [6.07, 6.45) is 0. The number of hydrogen-bond donors (Lipinski definition) is 1. The Morgan fingerprint density at radius 3 is 2.39 bits per heavy atom. The van der Waals surface area contributed by atoms with Crippen LogP contribution in [0.1, 0.15) is 34.7 Å². The lowest BCUT2D eigenvalue weighted by molar-refractivity contribution is 0.476. The van der Waals surface area contributed by atoms with Crippen LogP contribution in [0.3, 0.4) is 0 Å². The van der Waals surface area contributed by atoms with Crippen molar-refractivity contribution in [3.63, 3.8) is 0 Å². The van der Waals surface area contributed by atoms with Crippen molar-refractivity contribution in [2.75, 3.05) is 24.5 Å². The van der Waals surface area contributed by atoms with E-state index in [1.165, 1.54) is 11.1 Å². The molecule has 0 radical (unpaired) electrons. The Morgan fingerprint density at radius 2 is 1.71 bits per heavy atom. The first-order chi connectivity index (χ1) is 13.3. The minimum atomic E-state index is -0.109. The maximum absolute atomic E-state index is 14.1. The molecule has 0 amide bonds. The monoisotopic (exact) mass is 380 g/mol. The molecule has 5 heteroatoms. The SMILES string of the molecule is Cc1cc2nc(N3CCN[C@H](C)C3)n(Cc3cc(C)c(F)c(C)c3)c2cc1C. The summed E-state index contributed by atoms with van der Waals surface area (Å²) in [6.45, 7) is 13.7. The molecule has 1 atom stereocenters. The third kappa shape index (κ3) is 3.39. The molecule has 2 heterocycles. The van der Waals surface area contributed by atoms with Gasteiger partial charge in [0.25, 0.3) is 0 Å².